The van der Waals surface area contributed by atoms with Crippen molar-refractivity contribution >= 4 is 23.2 Å². The van der Waals surface area contributed by atoms with E-state index in [0.29, 0.717) is 12.3 Å². The summed E-state index contributed by atoms with van der Waals surface area (Å²) in [6.07, 6.45) is -0.162. The minimum absolute atomic E-state index is 0.0343. The van der Waals surface area contributed by atoms with Crippen molar-refractivity contribution in [3.63, 3.8) is 0 Å². The maximum atomic E-state index is 12.9. The third kappa shape index (κ3) is 4.60. The van der Waals surface area contributed by atoms with Gasteiger partial charge in [-0.25, -0.2) is 4.39 Å². The fourth-order valence-corrected chi connectivity index (χ4v) is 1.62. The first-order valence-corrected chi connectivity index (χ1v) is 6.01. The van der Waals surface area contributed by atoms with Crippen LogP contribution >= 0.6 is 11.6 Å². The summed E-state index contributed by atoms with van der Waals surface area (Å²) in [5.74, 6) is -0.773. The number of ether oxygens (including phenoxy) is 1. The molecule has 0 fully saturated rings. The highest BCUT2D eigenvalue weighted by molar-refractivity contribution is 6.31. The molecule has 1 amide bonds. The Labute approximate surface area is 110 Å². The fourth-order valence-electron chi connectivity index (χ4n) is 1.44. The first-order chi connectivity index (χ1) is 8.56. The molecular formula is C12H16ClFN2O2. The number of anilines is 1. The number of halogens is 2. The van der Waals surface area contributed by atoms with Crippen molar-refractivity contribution < 1.29 is 13.9 Å². The van der Waals surface area contributed by atoms with Gasteiger partial charge in [-0.2, -0.15) is 0 Å². The fraction of sp³-hybridized carbons (Fsp3) is 0.417. The molecule has 0 spiro atoms. The van der Waals surface area contributed by atoms with E-state index in [0.717, 1.165) is 0 Å². The monoisotopic (exact) mass is 274 g/mol. The van der Waals surface area contributed by atoms with Crippen LogP contribution in [0.3, 0.4) is 0 Å². The van der Waals surface area contributed by atoms with Crippen LogP contribution in [-0.2, 0) is 9.53 Å². The molecule has 1 aromatic carbocycles. The van der Waals surface area contributed by atoms with Crippen molar-refractivity contribution in [2.45, 2.75) is 19.4 Å². The lowest BCUT2D eigenvalue weighted by Gasteiger charge is -2.14. The Morgan fingerprint density at radius 1 is 1.61 bits per heavy atom. The Bertz CT molecular complexity index is 415. The quantitative estimate of drug-likeness (QED) is 0.836. The van der Waals surface area contributed by atoms with Gasteiger partial charge in [0, 0.05) is 18.8 Å². The highest BCUT2D eigenvalue weighted by atomic mass is 35.5. The summed E-state index contributed by atoms with van der Waals surface area (Å²) in [6.45, 7) is 2.60. The zero-order valence-electron chi connectivity index (χ0n) is 10.1. The minimum atomic E-state index is -0.524. The van der Waals surface area contributed by atoms with Crippen LogP contribution in [0.2, 0.25) is 5.02 Å². The van der Waals surface area contributed by atoms with Crippen LogP contribution < -0.4 is 11.1 Å². The zero-order chi connectivity index (χ0) is 13.5. The summed E-state index contributed by atoms with van der Waals surface area (Å²) in [6, 6.07) is 3.99. The normalized spacial score (nSPS) is 12.2. The van der Waals surface area contributed by atoms with Gasteiger partial charge >= 0.3 is 0 Å². The molecule has 0 bridgehead atoms. The van der Waals surface area contributed by atoms with Crippen LogP contribution in [0, 0.1) is 5.82 Å². The van der Waals surface area contributed by atoms with Crippen LogP contribution in [0.4, 0.5) is 10.1 Å². The van der Waals surface area contributed by atoms with Gasteiger partial charge in [-0.1, -0.05) is 11.6 Å². The Morgan fingerprint density at radius 2 is 2.33 bits per heavy atom. The molecule has 0 heterocycles. The molecule has 0 saturated carbocycles. The number of carbonyl (C=O) groups excluding carboxylic acids is 1. The second-order valence-corrected chi connectivity index (χ2v) is 4.10. The predicted octanol–water partition coefficient (Wildman–Crippen LogP) is 2.17. The van der Waals surface area contributed by atoms with Crippen molar-refractivity contribution in [3.05, 3.63) is 29.0 Å². The molecule has 0 aliphatic carbocycles. The number of hydrogen-bond donors (Lipinski definition) is 2. The molecule has 1 aromatic rings. The number of amides is 1. The van der Waals surface area contributed by atoms with Crippen molar-refractivity contribution in [2.24, 2.45) is 5.73 Å². The Kier molecular flexibility index (Phi) is 6.04. The summed E-state index contributed by atoms with van der Waals surface area (Å²) < 4.78 is 18.2. The SMILES string of the molecule is CCOC(CN)CC(=O)Nc1ccc(F)c(Cl)c1. The average molecular weight is 275 g/mol. The standard InChI is InChI=1S/C12H16ClFN2O2/c1-2-18-9(7-15)6-12(17)16-8-3-4-11(14)10(13)5-8/h3-5,9H,2,6-7,15H2,1H3,(H,16,17). The molecule has 0 radical (unpaired) electrons. The van der Waals surface area contributed by atoms with E-state index in [1.807, 2.05) is 6.92 Å². The van der Waals surface area contributed by atoms with E-state index in [9.17, 15) is 9.18 Å². The van der Waals surface area contributed by atoms with E-state index in [1.54, 1.807) is 0 Å². The first-order valence-electron chi connectivity index (χ1n) is 5.63. The van der Waals surface area contributed by atoms with Gasteiger partial charge in [0.1, 0.15) is 5.82 Å². The lowest BCUT2D eigenvalue weighted by Crippen LogP contribution is -2.29. The van der Waals surface area contributed by atoms with Gasteiger partial charge in [0.15, 0.2) is 0 Å². The van der Waals surface area contributed by atoms with Crippen LogP contribution in [0.25, 0.3) is 0 Å². The number of nitrogens with one attached hydrogen (secondary N) is 1. The third-order valence-corrected chi connectivity index (χ3v) is 2.57. The molecule has 3 N–H and O–H groups in total. The maximum absolute atomic E-state index is 12.9. The number of benzene rings is 1. The van der Waals surface area contributed by atoms with Gasteiger partial charge in [0.25, 0.3) is 0 Å². The van der Waals surface area contributed by atoms with E-state index < -0.39 is 5.82 Å². The molecule has 100 valence electrons. The Morgan fingerprint density at radius 3 is 2.89 bits per heavy atom. The lowest BCUT2D eigenvalue weighted by atomic mass is 10.2. The summed E-state index contributed by atoms with van der Waals surface area (Å²) in [5.41, 5.74) is 5.91. The third-order valence-electron chi connectivity index (χ3n) is 2.28. The molecule has 6 heteroatoms. The minimum Gasteiger partial charge on any atom is -0.377 e. The van der Waals surface area contributed by atoms with Crippen LogP contribution in [0.5, 0.6) is 0 Å². The second-order valence-electron chi connectivity index (χ2n) is 3.69. The molecule has 4 nitrogen and oxygen atoms in total. The number of rotatable bonds is 6. The van der Waals surface area contributed by atoms with Crippen molar-refractivity contribution in [1.82, 2.24) is 0 Å². The van der Waals surface area contributed by atoms with E-state index in [2.05, 4.69) is 5.32 Å². The van der Waals surface area contributed by atoms with Crippen molar-refractivity contribution in [1.29, 1.82) is 0 Å². The van der Waals surface area contributed by atoms with Crippen LogP contribution in [0.15, 0.2) is 18.2 Å². The molecule has 1 unspecified atom stereocenters. The largest absolute Gasteiger partial charge is 0.377 e. The Balaban J connectivity index is 2.55. The topological polar surface area (TPSA) is 64.3 Å². The van der Waals surface area contributed by atoms with Gasteiger partial charge in [0.2, 0.25) is 5.91 Å². The molecular weight excluding hydrogens is 259 g/mol. The maximum Gasteiger partial charge on any atom is 0.227 e. The lowest BCUT2D eigenvalue weighted by molar-refractivity contribution is -0.118. The van der Waals surface area contributed by atoms with Gasteiger partial charge in [-0.15, -0.1) is 0 Å². The summed E-state index contributed by atoms with van der Waals surface area (Å²) in [7, 11) is 0. The van der Waals surface area contributed by atoms with Crippen LogP contribution in [-0.4, -0.2) is 25.2 Å². The molecule has 0 saturated heterocycles. The molecule has 18 heavy (non-hydrogen) atoms. The first kappa shape index (κ1) is 14.9. The molecule has 0 aromatic heterocycles. The second kappa shape index (κ2) is 7.31. The molecule has 0 aliphatic rings. The molecule has 1 rings (SSSR count). The summed E-state index contributed by atoms with van der Waals surface area (Å²) >= 11 is 5.61. The predicted molar refractivity (Wildman–Crippen MR) is 69.1 cm³/mol. The van der Waals surface area contributed by atoms with E-state index >= 15 is 0 Å². The highest BCUT2D eigenvalue weighted by Gasteiger charge is 2.12. The summed E-state index contributed by atoms with van der Waals surface area (Å²) in [4.78, 5) is 11.7. The van der Waals surface area contributed by atoms with Crippen molar-refractivity contribution in [3.8, 4) is 0 Å². The van der Waals surface area contributed by atoms with Crippen molar-refractivity contribution in [2.75, 3.05) is 18.5 Å². The molecule has 1 atom stereocenters. The van der Waals surface area contributed by atoms with E-state index in [1.165, 1.54) is 18.2 Å². The molecule has 0 aliphatic heterocycles. The Hall–Kier alpha value is -1.17. The van der Waals surface area contributed by atoms with Crippen LogP contribution in [0.1, 0.15) is 13.3 Å². The van der Waals surface area contributed by atoms with E-state index in [4.69, 9.17) is 22.1 Å². The number of carbonyl (C=O) groups is 1. The van der Waals surface area contributed by atoms with Gasteiger partial charge in [-0.3, -0.25) is 4.79 Å². The van der Waals surface area contributed by atoms with E-state index in [-0.39, 0.29) is 30.0 Å². The van der Waals surface area contributed by atoms with Gasteiger partial charge < -0.3 is 15.8 Å². The zero-order valence-corrected chi connectivity index (χ0v) is 10.8. The number of hydrogen-bond acceptors (Lipinski definition) is 3. The number of nitrogens with two attached hydrogens (primary N) is 1. The highest BCUT2D eigenvalue weighted by Crippen LogP contribution is 2.19. The average Bonchev–Trinajstić information content (AvgIpc) is 2.33. The summed E-state index contributed by atoms with van der Waals surface area (Å²) in [5, 5.41) is 2.57. The van der Waals surface area contributed by atoms with Gasteiger partial charge in [-0.05, 0) is 25.1 Å². The smallest absolute Gasteiger partial charge is 0.227 e. The van der Waals surface area contributed by atoms with Gasteiger partial charge in [0.05, 0.1) is 17.5 Å².